The van der Waals surface area contributed by atoms with E-state index in [2.05, 4.69) is 24.5 Å². The van der Waals surface area contributed by atoms with Gasteiger partial charge in [0.05, 0.1) is 0 Å². The molecule has 0 aliphatic carbocycles. The summed E-state index contributed by atoms with van der Waals surface area (Å²) in [5.41, 5.74) is 0. The van der Waals surface area contributed by atoms with E-state index in [-0.39, 0.29) is 0 Å². The van der Waals surface area contributed by atoms with Crippen LogP contribution in [0.2, 0.25) is 0 Å². The topological polar surface area (TPSA) is 24.1 Å². The molecule has 2 nitrogen and oxygen atoms in total. The van der Waals surface area contributed by atoms with Gasteiger partial charge in [0.2, 0.25) is 0 Å². The molecule has 1 aliphatic heterocycles. The van der Waals surface area contributed by atoms with Crippen LogP contribution in [0.4, 0.5) is 0 Å². The minimum atomic E-state index is 0.728. The average Bonchev–Trinajstić information content (AvgIpc) is 2.03. The normalized spacial score (nSPS) is 25.9. The van der Waals surface area contributed by atoms with E-state index < -0.39 is 0 Å². The molecule has 0 radical (unpaired) electrons. The lowest BCUT2D eigenvalue weighted by Gasteiger charge is -2.24. The Bertz CT molecular complexity index is 95.7. The fourth-order valence-corrected chi connectivity index (χ4v) is 1.45. The van der Waals surface area contributed by atoms with Crippen LogP contribution in [0, 0.1) is 5.92 Å². The molecule has 1 rings (SSSR count). The molecule has 0 spiro atoms. The summed E-state index contributed by atoms with van der Waals surface area (Å²) < 4.78 is 0. The molecule has 1 atom stereocenters. The van der Waals surface area contributed by atoms with Crippen molar-refractivity contribution in [3.63, 3.8) is 0 Å². The van der Waals surface area contributed by atoms with E-state index in [1.54, 1.807) is 0 Å². The molecular formula is C9H20N2. The predicted octanol–water partition coefficient (Wildman–Crippen LogP) is 0.984. The second-order valence-electron chi connectivity index (χ2n) is 3.83. The lowest BCUT2D eigenvalue weighted by atomic mass is 10.0. The first-order valence-electron chi connectivity index (χ1n) is 4.73. The van der Waals surface area contributed by atoms with Crippen molar-refractivity contribution >= 4 is 0 Å². The van der Waals surface area contributed by atoms with Crippen molar-refractivity contribution in [2.75, 3.05) is 19.6 Å². The lowest BCUT2D eigenvalue weighted by molar-refractivity contribution is 0.373. The van der Waals surface area contributed by atoms with E-state index >= 15 is 0 Å². The summed E-state index contributed by atoms with van der Waals surface area (Å²) in [5.74, 6) is 0.846. The maximum Gasteiger partial charge on any atom is 0.0193 e. The van der Waals surface area contributed by atoms with Crippen LogP contribution in [0.5, 0.6) is 0 Å². The first-order valence-corrected chi connectivity index (χ1v) is 4.73. The average molecular weight is 156 g/mol. The number of rotatable bonds is 3. The summed E-state index contributed by atoms with van der Waals surface area (Å²) >= 11 is 0. The first kappa shape index (κ1) is 9.01. The van der Waals surface area contributed by atoms with Crippen LogP contribution in [-0.4, -0.2) is 25.7 Å². The third kappa shape index (κ3) is 3.73. The summed E-state index contributed by atoms with van der Waals surface area (Å²) in [4.78, 5) is 0. The Morgan fingerprint density at radius 3 is 2.73 bits per heavy atom. The summed E-state index contributed by atoms with van der Waals surface area (Å²) in [5, 5.41) is 6.91. The summed E-state index contributed by atoms with van der Waals surface area (Å²) in [6.07, 6.45) is 2.67. The molecular weight excluding hydrogens is 136 g/mol. The highest BCUT2D eigenvalue weighted by molar-refractivity contribution is 4.75. The molecule has 0 saturated carbocycles. The number of nitrogens with one attached hydrogen (secondary N) is 2. The molecule has 0 bridgehead atoms. The van der Waals surface area contributed by atoms with Gasteiger partial charge in [-0.25, -0.2) is 0 Å². The minimum absolute atomic E-state index is 0.728. The van der Waals surface area contributed by atoms with E-state index in [0.29, 0.717) is 0 Å². The molecule has 0 aromatic rings. The van der Waals surface area contributed by atoms with Gasteiger partial charge in [0.15, 0.2) is 0 Å². The molecule has 0 aromatic heterocycles. The molecule has 0 aromatic carbocycles. The second kappa shape index (κ2) is 4.73. The van der Waals surface area contributed by atoms with Crippen LogP contribution in [-0.2, 0) is 0 Å². The van der Waals surface area contributed by atoms with E-state index in [1.165, 1.54) is 12.8 Å². The van der Waals surface area contributed by atoms with Crippen molar-refractivity contribution in [1.82, 2.24) is 10.6 Å². The van der Waals surface area contributed by atoms with E-state index in [0.717, 1.165) is 31.6 Å². The van der Waals surface area contributed by atoms with Crippen LogP contribution in [0.1, 0.15) is 26.7 Å². The molecule has 1 saturated heterocycles. The Morgan fingerprint density at radius 1 is 1.36 bits per heavy atom. The molecule has 2 heteroatoms. The Morgan fingerprint density at radius 2 is 2.18 bits per heavy atom. The van der Waals surface area contributed by atoms with Crippen molar-refractivity contribution < 1.29 is 0 Å². The van der Waals surface area contributed by atoms with Crippen molar-refractivity contribution in [2.24, 2.45) is 5.92 Å². The van der Waals surface area contributed by atoms with E-state index in [9.17, 15) is 0 Å². The van der Waals surface area contributed by atoms with Crippen molar-refractivity contribution in [3.8, 4) is 0 Å². The third-order valence-corrected chi connectivity index (χ3v) is 2.22. The molecule has 1 unspecified atom stereocenters. The van der Waals surface area contributed by atoms with E-state index in [4.69, 9.17) is 0 Å². The monoisotopic (exact) mass is 156 g/mol. The Labute approximate surface area is 69.8 Å². The highest BCUT2D eigenvalue weighted by atomic mass is 15.0. The second-order valence-corrected chi connectivity index (χ2v) is 3.83. The van der Waals surface area contributed by atoms with Gasteiger partial charge in [-0.1, -0.05) is 13.8 Å². The maximum absolute atomic E-state index is 3.51. The van der Waals surface area contributed by atoms with Crippen molar-refractivity contribution in [1.29, 1.82) is 0 Å². The minimum Gasteiger partial charge on any atom is -0.314 e. The number of hydrogen-bond donors (Lipinski definition) is 2. The smallest absolute Gasteiger partial charge is 0.0193 e. The zero-order valence-electron chi connectivity index (χ0n) is 7.69. The lowest BCUT2D eigenvalue weighted by Crippen LogP contribution is -2.48. The molecule has 1 fully saturated rings. The van der Waals surface area contributed by atoms with Gasteiger partial charge in [0, 0.05) is 25.7 Å². The first-order chi connectivity index (χ1) is 5.29. The highest BCUT2D eigenvalue weighted by Crippen LogP contribution is 2.06. The van der Waals surface area contributed by atoms with Crippen LogP contribution >= 0.6 is 0 Å². The van der Waals surface area contributed by atoms with Gasteiger partial charge in [-0.05, 0) is 18.8 Å². The summed E-state index contributed by atoms with van der Waals surface area (Å²) in [6, 6.07) is 0.728. The summed E-state index contributed by atoms with van der Waals surface area (Å²) in [6.45, 7) is 8.01. The van der Waals surface area contributed by atoms with Gasteiger partial charge in [-0.2, -0.15) is 0 Å². The van der Waals surface area contributed by atoms with E-state index in [1.807, 2.05) is 0 Å². The fraction of sp³-hybridized carbons (Fsp3) is 1.00. The van der Waals surface area contributed by atoms with Gasteiger partial charge in [-0.15, -0.1) is 0 Å². The molecule has 66 valence electrons. The van der Waals surface area contributed by atoms with Gasteiger partial charge >= 0.3 is 0 Å². The number of piperazine rings is 1. The SMILES string of the molecule is CC(C)CCC1CNCCN1. The van der Waals surface area contributed by atoms with Crippen LogP contribution in [0.3, 0.4) is 0 Å². The highest BCUT2D eigenvalue weighted by Gasteiger charge is 2.11. The zero-order chi connectivity index (χ0) is 8.10. The van der Waals surface area contributed by atoms with Gasteiger partial charge in [-0.3, -0.25) is 0 Å². The standard InChI is InChI=1S/C9H20N2/c1-8(2)3-4-9-7-10-5-6-11-9/h8-11H,3-7H2,1-2H3. The van der Waals surface area contributed by atoms with Gasteiger partial charge in [0.1, 0.15) is 0 Å². The molecule has 11 heavy (non-hydrogen) atoms. The molecule has 0 amide bonds. The molecule has 1 aliphatic rings. The van der Waals surface area contributed by atoms with Crippen molar-refractivity contribution in [2.45, 2.75) is 32.7 Å². The Kier molecular flexibility index (Phi) is 3.87. The molecule has 2 N–H and O–H groups in total. The largest absolute Gasteiger partial charge is 0.314 e. The Balaban J connectivity index is 2.05. The van der Waals surface area contributed by atoms with Crippen LogP contribution in [0.25, 0.3) is 0 Å². The number of hydrogen-bond acceptors (Lipinski definition) is 2. The quantitative estimate of drug-likeness (QED) is 0.636. The molecule has 1 heterocycles. The Hall–Kier alpha value is -0.0800. The zero-order valence-corrected chi connectivity index (χ0v) is 7.69. The van der Waals surface area contributed by atoms with Crippen molar-refractivity contribution in [3.05, 3.63) is 0 Å². The third-order valence-electron chi connectivity index (χ3n) is 2.22. The van der Waals surface area contributed by atoms with Gasteiger partial charge < -0.3 is 10.6 Å². The van der Waals surface area contributed by atoms with Gasteiger partial charge in [0.25, 0.3) is 0 Å². The summed E-state index contributed by atoms with van der Waals surface area (Å²) in [7, 11) is 0. The fourth-order valence-electron chi connectivity index (χ4n) is 1.45. The van der Waals surface area contributed by atoms with Crippen LogP contribution < -0.4 is 10.6 Å². The predicted molar refractivity (Wildman–Crippen MR) is 48.7 cm³/mol. The van der Waals surface area contributed by atoms with Crippen LogP contribution in [0.15, 0.2) is 0 Å². The maximum atomic E-state index is 3.51.